The molecule has 0 unspecified atom stereocenters. The molecule has 0 saturated carbocycles. The second-order valence-electron chi connectivity index (χ2n) is 6.37. The average Bonchev–Trinajstić information content (AvgIpc) is 3.15. The molecule has 2 aromatic carbocycles. The van der Waals surface area contributed by atoms with E-state index >= 15 is 0 Å². The number of amides is 1. The highest BCUT2D eigenvalue weighted by atomic mass is 32.2. The summed E-state index contributed by atoms with van der Waals surface area (Å²) >= 11 is 3.01. The largest absolute Gasteiger partial charge is 0.378 e. The van der Waals surface area contributed by atoms with Gasteiger partial charge in [-0.25, -0.2) is 4.98 Å². The van der Waals surface area contributed by atoms with Crippen molar-refractivity contribution in [3.63, 3.8) is 0 Å². The summed E-state index contributed by atoms with van der Waals surface area (Å²) in [6.07, 6.45) is 2.00. The maximum Gasteiger partial charge on any atom is 0.293 e. The van der Waals surface area contributed by atoms with Crippen molar-refractivity contribution in [1.82, 2.24) is 4.98 Å². The van der Waals surface area contributed by atoms with Crippen LogP contribution in [0.2, 0.25) is 0 Å². The van der Waals surface area contributed by atoms with E-state index in [0.29, 0.717) is 37.1 Å². The first-order valence-electron chi connectivity index (χ1n) is 8.92. The molecule has 1 aliphatic rings. The Balaban J connectivity index is 1.58. The van der Waals surface area contributed by atoms with Crippen LogP contribution in [0.3, 0.4) is 0 Å². The number of morpholine rings is 1. The smallest absolute Gasteiger partial charge is 0.293 e. The molecule has 3 aromatic rings. The van der Waals surface area contributed by atoms with Gasteiger partial charge in [0, 0.05) is 29.6 Å². The minimum atomic E-state index is -0.455. The Morgan fingerprint density at radius 2 is 2.07 bits per heavy atom. The average molecular weight is 431 g/mol. The maximum atomic E-state index is 12.7. The highest BCUT2D eigenvalue weighted by Gasteiger charge is 2.23. The Bertz CT molecular complexity index is 1080. The first-order chi connectivity index (χ1) is 14.0. The van der Waals surface area contributed by atoms with Gasteiger partial charge >= 0.3 is 0 Å². The molecule has 150 valence electrons. The number of ether oxygens (including phenoxy) is 1. The summed E-state index contributed by atoms with van der Waals surface area (Å²) in [5, 5.41) is 14.8. The van der Waals surface area contributed by atoms with Gasteiger partial charge in [0.1, 0.15) is 5.69 Å². The number of nitrogens with zero attached hydrogens (tertiary/aromatic N) is 3. The zero-order chi connectivity index (χ0) is 20.4. The number of benzene rings is 2. The van der Waals surface area contributed by atoms with Crippen LogP contribution in [-0.4, -0.2) is 48.4 Å². The van der Waals surface area contributed by atoms with E-state index in [-0.39, 0.29) is 11.3 Å². The summed E-state index contributed by atoms with van der Waals surface area (Å²) in [7, 11) is 0. The number of fused-ring (bicyclic) bond motifs is 1. The summed E-state index contributed by atoms with van der Waals surface area (Å²) < 4.78 is 6.28. The lowest BCUT2D eigenvalue weighted by molar-refractivity contribution is -0.384. The van der Waals surface area contributed by atoms with Gasteiger partial charge in [-0.1, -0.05) is 11.3 Å². The summed E-state index contributed by atoms with van der Waals surface area (Å²) in [5.41, 5.74) is 1.43. The molecule has 2 heterocycles. The van der Waals surface area contributed by atoms with Gasteiger partial charge in [0.25, 0.3) is 11.6 Å². The van der Waals surface area contributed by atoms with Crippen molar-refractivity contribution in [3.05, 3.63) is 52.1 Å². The number of thioether (sulfide) groups is 1. The predicted octanol–water partition coefficient (Wildman–Crippen LogP) is 4.02. The molecule has 8 nitrogen and oxygen atoms in total. The normalized spacial score (nSPS) is 14.2. The zero-order valence-electron chi connectivity index (χ0n) is 15.6. The number of nitro benzene ring substituents is 1. The zero-order valence-corrected chi connectivity index (χ0v) is 17.2. The van der Waals surface area contributed by atoms with Crippen molar-refractivity contribution < 1.29 is 14.5 Å². The second kappa shape index (κ2) is 8.36. The van der Waals surface area contributed by atoms with Crippen LogP contribution in [0.15, 0.2) is 41.3 Å². The van der Waals surface area contributed by atoms with Crippen LogP contribution in [0.25, 0.3) is 10.2 Å². The predicted molar refractivity (Wildman–Crippen MR) is 115 cm³/mol. The summed E-state index contributed by atoms with van der Waals surface area (Å²) in [4.78, 5) is 31.2. The van der Waals surface area contributed by atoms with Crippen molar-refractivity contribution in [2.24, 2.45) is 0 Å². The van der Waals surface area contributed by atoms with Crippen LogP contribution >= 0.6 is 23.1 Å². The molecule has 0 atom stereocenters. The minimum Gasteiger partial charge on any atom is -0.378 e. The van der Waals surface area contributed by atoms with Gasteiger partial charge in [-0.15, -0.1) is 11.8 Å². The number of hydrogen-bond acceptors (Lipinski definition) is 8. The molecule has 1 fully saturated rings. The molecule has 1 aromatic heterocycles. The van der Waals surface area contributed by atoms with Crippen LogP contribution in [0.5, 0.6) is 0 Å². The molecule has 1 N–H and O–H groups in total. The Morgan fingerprint density at radius 1 is 1.28 bits per heavy atom. The third kappa shape index (κ3) is 4.19. The topological polar surface area (TPSA) is 97.6 Å². The summed E-state index contributed by atoms with van der Waals surface area (Å²) in [5.74, 6) is -0.425. The van der Waals surface area contributed by atoms with E-state index in [1.165, 1.54) is 17.4 Å². The van der Waals surface area contributed by atoms with Crippen molar-refractivity contribution in [2.75, 3.05) is 42.8 Å². The minimum absolute atomic E-state index is 0.0894. The molecule has 29 heavy (non-hydrogen) atoms. The standard InChI is InChI=1S/C19H18N4O4S2/c1-28-13-3-4-14-17(11-13)29-19(20-14)21-18(24)12-2-5-15(16(10-12)23(25)26)22-6-8-27-9-7-22/h2-5,10-11H,6-9H2,1H3,(H,20,21,24). The lowest BCUT2D eigenvalue weighted by Gasteiger charge is -2.28. The number of rotatable bonds is 5. The number of anilines is 2. The molecule has 10 heteroatoms. The molecule has 0 radical (unpaired) electrons. The fourth-order valence-corrected chi connectivity index (χ4v) is 4.55. The third-order valence-electron chi connectivity index (χ3n) is 4.60. The van der Waals surface area contributed by atoms with Gasteiger partial charge in [-0.3, -0.25) is 20.2 Å². The molecule has 1 aliphatic heterocycles. The van der Waals surface area contributed by atoms with Crippen molar-refractivity contribution >= 4 is 55.7 Å². The SMILES string of the molecule is CSc1ccc2nc(NC(=O)c3ccc(N4CCOCC4)c([N+](=O)[O-])c3)sc2c1. The Hall–Kier alpha value is -2.69. The van der Waals surface area contributed by atoms with Crippen LogP contribution in [0.1, 0.15) is 10.4 Å². The molecule has 0 aliphatic carbocycles. The van der Waals surface area contributed by atoms with Gasteiger partial charge < -0.3 is 9.64 Å². The number of carbonyl (C=O) groups is 1. The fourth-order valence-electron chi connectivity index (χ4n) is 3.14. The van der Waals surface area contributed by atoms with Crippen molar-refractivity contribution in [1.29, 1.82) is 0 Å². The van der Waals surface area contributed by atoms with Gasteiger partial charge in [0.2, 0.25) is 0 Å². The van der Waals surface area contributed by atoms with E-state index in [0.717, 1.165) is 15.1 Å². The third-order valence-corrected chi connectivity index (χ3v) is 6.26. The summed E-state index contributed by atoms with van der Waals surface area (Å²) in [6.45, 7) is 2.21. The number of nitro groups is 1. The lowest BCUT2D eigenvalue weighted by atomic mass is 10.1. The highest BCUT2D eigenvalue weighted by Crippen LogP contribution is 2.32. The highest BCUT2D eigenvalue weighted by molar-refractivity contribution is 7.98. The van der Waals surface area contributed by atoms with Crippen LogP contribution < -0.4 is 10.2 Å². The molecule has 0 bridgehead atoms. The Morgan fingerprint density at radius 3 is 2.79 bits per heavy atom. The second-order valence-corrected chi connectivity index (χ2v) is 8.28. The van der Waals surface area contributed by atoms with Crippen molar-refractivity contribution in [2.45, 2.75) is 4.90 Å². The van der Waals surface area contributed by atoms with Gasteiger partial charge in [0.15, 0.2) is 5.13 Å². The van der Waals surface area contributed by atoms with Crippen LogP contribution in [-0.2, 0) is 4.74 Å². The molecule has 0 spiro atoms. The van der Waals surface area contributed by atoms with E-state index < -0.39 is 10.8 Å². The summed E-state index contributed by atoms with van der Waals surface area (Å²) in [6, 6.07) is 10.5. The quantitative estimate of drug-likeness (QED) is 0.371. The van der Waals surface area contributed by atoms with Gasteiger partial charge in [-0.05, 0) is 36.6 Å². The first-order valence-corrected chi connectivity index (χ1v) is 11.0. The van der Waals surface area contributed by atoms with E-state index in [2.05, 4.69) is 10.3 Å². The number of carbonyl (C=O) groups excluding carboxylic acids is 1. The maximum absolute atomic E-state index is 12.7. The van der Waals surface area contributed by atoms with Crippen molar-refractivity contribution in [3.8, 4) is 0 Å². The van der Waals surface area contributed by atoms with Crippen LogP contribution in [0.4, 0.5) is 16.5 Å². The molecule has 1 amide bonds. The van der Waals surface area contributed by atoms with E-state index in [9.17, 15) is 14.9 Å². The number of thiazole rings is 1. The lowest BCUT2D eigenvalue weighted by Crippen LogP contribution is -2.36. The monoisotopic (exact) mass is 430 g/mol. The Labute approximate surface area is 175 Å². The fraction of sp³-hybridized carbons (Fsp3) is 0.263. The molecular weight excluding hydrogens is 412 g/mol. The van der Waals surface area contributed by atoms with E-state index in [4.69, 9.17) is 4.74 Å². The number of aromatic nitrogens is 1. The van der Waals surface area contributed by atoms with Gasteiger partial charge in [0.05, 0.1) is 28.4 Å². The Kier molecular flexibility index (Phi) is 5.65. The number of nitrogens with one attached hydrogen (secondary N) is 1. The molecular formula is C19H18N4O4S2. The molecule has 4 rings (SSSR count). The number of hydrogen-bond donors (Lipinski definition) is 1. The van der Waals surface area contributed by atoms with E-state index in [1.807, 2.05) is 29.4 Å². The first kappa shape index (κ1) is 19.6. The van der Waals surface area contributed by atoms with Gasteiger partial charge in [-0.2, -0.15) is 0 Å². The van der Waals surface area contributed by atoms with Crippen LogP contribution in [0, 0.1) is 10.1 Å². The van der Waals surface area contributed by atoms with E-state index in [1.54, 1.807) is 23.9 Å². The molecule has 1 saturated heterocycles.